The number of nitrogens with zero attached hydrogens (tertiary/aromatic N) is 1. The van der Waals surface area contributed by atoms with E-state index in [2.05, 4.69) is 15.0 Å². The van der Waals surface area contributed by atoms with Gasteiger partial charge in [-0.25, -0.2) is 18.6 Å². The van der Waals surface area contributed by atoms with Crippen molar-refractivity contribution in [2.75, 3.05) is 6.61 Å². The number of ether oxygens (including phenoxy) is 3. The first-order valence-electron chi connectivity index (χ1n) is 11.5. The second kappa shape index (κ2) is 11.4. The number of rotatable bonds is 11. The first-order valence-corrected chi connectivity index (χ1v) is 11.5. The van der Waals surface area contributed by atoms with Gasteiger partial charge in [-0.05, 0) is 56.0 Å². The minimum atomic E-state index is -3.08. The third kappa shape index (κ3) is 6.52. The zero-order chi connectivity index (χ0) is 27.4. The van der Waals surface area contributed by atoms with E-state index in [1.54, 1.807) is 0 Å². The van der Waals surface area contributed by atoms with Crippen LogP contribution >= 0.6 is 0 Å². The molecule has 1 atom stereocenters. The van der Waals surface area contributed by atoms with Crippen LogP contribution in [0.5, 0.6) is 11.5 Å². The van der Waals surface area contributed by atoms with Gasteiger partial charge in [-0.1, -0.05) is 6.07 Å². The molecule has 0 saturated heterocycles. The molecule has 9 nitrogen and oxygen atoms in total. The highest BCUT2D eigenvalue weighted by Gasteiger charge is 2.28. The van der Waals surface area contributed by atoms with Crippen LogP contribution in [-0.4, -0.2) is 30.2 Å². The van der Waals surface area contributed by atoms with Gasteiger partial charge in [-0.15, -0.1) is 0 Å². The lowest BCUT2D eigenvalue weighted by atomic mass is 10.2. The van der Waals surface area contributed by atoms with Gasteiger partial charge in [-0.2, -0.15) is 8.78 Å². The molecule has 0 aliphatic heterocycles. The predicted molar refractivity (Wildman–Crippen MR) is 123 cm³/mol. The largest absolute Gasteiger partial charge is 0.489 e. The first kappa shape index (κ1) is 26.8. The molecule has 1 aliphatic rings. The van der Waals surface area contributed by atoms with E-state index in [1.165, 1.54) is 31.2 Å². The number of nitrogens with two attached hydrogens (primary N) is 1. The summed E-state index contributed by atoms with van der Waals surface area (Å²) >= 11 is 0. The average Bonchev–Trinajstić information content (AvgIpc) is 3.57. The number of halogens is 4. The smallest absolute Gasteiger partial charge is 0.405 e. The van der Waals surface area contributed by atoms with Crippen LogP contribution in [0.25, 0.3) is 11.5 Å². The molecule has 1 unspecified atom stereocenters. The highest BCUT2D eigenvalue weighted by atomic mass is 19.3. The highest BCUT2D eigenvalue weighted by molar-refractivity contribution is 5.94. The van der Waals surface area contributed by atoms with Crippen LogP contribution in [-0.2, 0) is 11.3 Å². The van der Waals surface area contributed by atoms with Crippen LogP contribution in [0.2, 0.25) is 0 Å². The van der Waals surface area contributed by atoms with Gasteiger partial charge in [0, 0.05) is 17.7 Å². The van der Waals surface area contributed by atoms with Crippen LogP contribution in [0.1, 0.15) is 47.7 Å². The molecule has 2 amide bonds. The number of carbonyl (C=O) groups excluding carboxylic acids is 2. The monoisotopic (exact) mass is 537 g/mol. The lowest BCUT2D eigenvalue weighted by molar-refractivity contribution is -0.0515. The molecule has 0 bridgehead atoms. The number of primary amides is 1. The number of aromatic nitrogens is 1. The van der Waals surface area contributed by atoms with E-state index in [9.17, 15) is 27.2 Å². The zero-order valence-corrected chi connectivity index (χ0v) is 20.0. The summed E-state index contributed by atoms with van der Waals surface area (Å²) in [7, 11) is 0. The van der Waals surface area contributed by atoms with Gasteiger partial charge in [0.05, 0.1) is 6.61 Å². The topological polar surface area (TPSA) is 126 Å². The number of nitrogens with one attached hydrogen (secondary N) is 1. The van der Waals surface area contributed by atoms with E-state index in [1.807, 2.05) is 0 Å². The molecular weight excluding hydrogens is 514 g/mol. The fraction of sp³-hybridized carbons (Fsp3) is 0.320. The maximum absolute atomic E-state index is 14.0. The Hall–Kier alpha value is -4.29. The van der Waals surface area contributed by atoms with Crippen molar-refractivity contribution in [3.63, 3.8) is 0 Å². The van der Waals surface area contributed by atoms with Crippen LogP contribution in [0.4, 0.5) is 22.4 Å². The Labute approximate surface area is 213 Å². The van der Waals surface area contributed by atoms with Crippen LogP contribution < -0.4 is 20.5 Å². The molecule has 1 heterocycles. The van der Waals surface area contributed by atoms with E-state index in [-0.39, 0.29) is 40.0 Å². The van der Waals surface area contributed by atoms with Gasteiger partial charge in [0.25, 0.3) is 5.91 Å². The number of alkyl halides is 2. The van der Waals surface area contributed by atoms with E-state index >= 15 is 0 Å². The van der Waals surface area contributed by atoms with E-state index < -0.39 is 42.9 Å². The lowest BCUT2D eigenvalue weighted by Gasteiger charge is -2.13. The number of amides is 2. The SMILES string of the molecule is CC(OC(N)=O)c1oc(-c2ccc(OC(F)F)c(OCC3CC3)c2)nc1C(=O)NCc1c(F)cccc1F. The maximum atomic E-state index is 14.0. The van der Waals surface area contributed by atoms with Crippen LogP contribution in [0.15, 0.2) is 40.8 Å². The minimum Gasteiger partial charge on any atom is -0.489 e. The number of carbonyl (C=O) groups is 2. The van der Waals surface area contributed by atoms with E-state index in [4.69, 9.17) is 19.6 Å². The molecule has 3 aromatic rings. The van der Waals surface area contributed by atoms with Gasteiger partial charge in [0.2, 0.25) is 5.89 Å². The Balaban J connectivity index is 1.65. The van der Waals surface area contributed by atoms with E-state index in [0.29, 0.717) is 12.5 Å². The molecule has 2 aromatic carbocycles. The molecule has 1 aromatic heterocycles. The lowest BCUT2D eigenvalue weighted by Crippen LogP contribution is -2.26. The molecule has 1 saturated carbocycles. The van der Waals surface area contributed by atoms with Crippen molar-refractivity contribution in [1.29, 1.82) is 0 Å². The Morgan fingerprint density at radius 2 is 1.87 bits per heavy atom. The second-order valence-electron chi connectivity index (χ2n) is 8.49. The van der Waals surface area contributed by atoms with Crippen molar-refractivity contribution in [3.05, 3.63) is 65.1 Å². The number of oxazole rings is 1. The van der Waals surface area contributed by atoms with Gasteiger partial charge in [0.1, 0.15) is 11.6 Å². The summed E-state index contributed by atoms with van der Waals surface area (Å²) in [6.45, 7) is -1.93. The summed E-state index contributed by atoms with van der Waals surface area (Å²) < 4.78 is 74.5. The molecule has 1 fully saturated rings. The first-order chi connectivity index (χ1) is 18.1. The molecule has 202 valence electrons. The third-order valence-corrected chi connectivity index (χ3v) is 5.60. The molecule has 0 spiro atoms. The Morgan fingerprint density at radius 1 is 1.16 bits per heavy atom. The molecule has 13 heteroatoms. The molecular formula is C25H23F4N3O6. The van der Waals surface area contributed by atoms with E-state index in [0.717, 1.165) is 25.0 Å². The minimum absolute atomic E-state index is 0.0110. The fourth-order valence-electron chi connectivity index (χ4n) is 3.51. The Morgan fingerprint density at radius 3 is 2.50 bits per heavy atom. The molecule has 3 N–H and O–H groups in total. The van der Waals surface area contributed by atoms with Crippen LogP contribution in [0, 0.1) is 17.6 Å². The summed E-state index contributed by atoms with van der Waals surface area (Å²) in [4.78, 5) is 28.4. The standard InChI is InChI=1S/C25H23F4N3O6/c1-12(36-25(30)34)21-20(22(33)31-10-15-16(26)3-2-4-17(15)27)32-23(38-21)14-7-8-18(37-24(28)29)19(9-14)35-11-13-5-6-13/h2-4,7-9,12-13,24H,5-6,10-11H2,1H3,(H2,30,34)(H,31,33). The molecule has 38 heavy (non-hydrogen) atoms. The number of benzene rings is 2. The van der Waals surface area contributed by atoms with Crippen molar-refractivity contribution < 1.29 is 45.8 Å². The van der Waals surface area contributed by atoms with Crippen molar-refractivity contribution in [2.24, 2.45) is 11.7 Å². The molecule has 0 radical (unpaired) electrons. The summed E-state index contributed by atoms with van der Waals surface area (Å²) in [5, 5.41) is 2.35. The fourth-order valence-corrected chi connectivity index (χ4v) is 3.51. The van der Waals surface area contributed by atoms with Crippen molar-refractivity contribution in [1.82, 2.24) is 10.3 Å². The zero-order valence-electron chi connectivity index (χ0n) is 20.0. The summed E-state index contributed by atoms with van der Waals surface area (Å²) in [5.41, 5.74) is 4.59. The van der Waals surface area contributed by atoms with Crippen LogP contribution in [0.3, 0.4) is 0 Å². The molecule has 1 aliphatic carbocycles. The van der Waals surface area contributed by atoms with Crippen molar-refractivity contribution in [2.45, 2.75) is 39.0 Å². The quantitative estimate of drug-likeness (QED) is 0.326. The van der Waals surface area contributed by atoms with Gasteiger partial charge >= 0.3 is 12.7 Å². The van der Waals surface area contributed by atoms with Crippen molar-refractivity contribution >= 4 is 12.0 Å². The van der Waals surface area contributed by atoms with Gasteiger partial charge in [0.15, 0.2) is 29.1 Å². The van der Waals surface area contributed by atoms with Gasteiger partial charge in [-0.3, -0.25) is 4.79 Å². The maximum Gasteiger partial charge on any atom is 0.405 e. The Bertz CT molecular complexity index is 1310. The van der Waals surface area contributed by atoms with Gasteiger partial charge < -0.3 is 29.7 Å². The Kier molecular flexibility index (Phi) is 8.03. The summed E-state index contributed by atoms with van der Waals surface area (Å²) in [5.74, 6) is -2.85. The van der Waals surface area contributed by atoms with Crippen molar-refractivity contribution in [3.8, 4) is 23.0 Å². The number of hydrogen-bond donors (Lipinski definition) is 2. The summed E-state index contributed by atoms with van der Waals surface area (Å²) in [6, 6.07) is 7.20. The normalized spacial score (nSPS) is 13.7. The summed E-state index contributed by atoms with van der Waals surface area (Å²) in [6.07, 6.45) is -0.409. The molecule has 4 rings (SSSR count). The number of hydrogen-bond acceptors (Lipinski definition) is 7. The predicted octanol–water partition coefficient (Wildman–Crippen LogP) is 5.10. The second-order valence-corrected chi connectivity index (χ2v) is 8.49. The highest BCUT2D eigenvalue weighted by Crippen LogP contribution is 2.37. The average molecular weight is 537 g/mol. The third-order valence-electron chi connectivity index (χ3n) is 5.60.